The van der Waals surface area contributed by atoms with Gasteiger partial charge < -0.3 is 9.64 Å². The molecule has 6 heteroatoms. The Labute approximate surface area is 128 Å². The number of fused-ring (bicyclic) bond motifs is 2. The molecule has 1 aromatic rings. The maximum atomic E-state index is 12.5. The number of hydrogen-bond donors (Lipinski definition) is 0. The van der Waals surface area contributed by atoms with Gasteiger partial charge >= 0.3 is 5.97 Å². The summed E-state index contributed by atoms with van der Waals surface area (Å²) < 4.78 is 4.90. The summed E-state index contributed by atoms with van der Waals surface area (Å²) in [6, 6.07) is 7.75. The SMILES string of the molecule is CCOC(=O)CN1C(=O)[C@@H]2Cc3ccccc3CN2C1=S. The lowest BCUT2D eigenvalue weighted by Crippen LogP contribution is -2.39. The number of carbonyl (C=O) groups is 2. The second kappa shape index (κ2) is 5.44. The van der Waals surface area contributed by atoms with E-state index in [0.29, 0.717) is 24.7 Å². The third-order valence-electron chi connectivity index (χ3n) is 3.87. The Morgan fingerprint density at radius 3 is 2.81 bits per heavy atom. The molecule has 1 amide bonds. The Bertz CT molecular complexity index is 574. The minimum atomic E-state index is -0.425. The van der Waals surface area contributed by atoms with E-state index in [0.717, 1.165) is 0 Å². The predicted octanol–water partition coefficient (Wildman–Crippen LogP) is 1.10. The van der Waals surface area contributed by atoms with Gasteiger partial charge in [-0.1, -0.05) is 24.3 Å². The Balaban J connectivity index is 1.81. The van der Waals surface area contributed by atoms with Crippen molar-refractivity contribution in [2.45, 2.75) is 25.9 Å². The molecule has 0 bridgehead atoms. The number of nitrogens with zero attached hydrogens (tertiary/aromatic N) is 2. The fourth-order valence-electron chi connectivity index (χ4n) is 2.86. The van der Waals surface area contributed by atoms with Crippen molar-refractivity contribution >= 4 is 29.2 Å². The molecule has 1 atom stereocenters. The summed E-state index contributed by atoms with van der Waals surface area (Å²) in [6.45, 7) is 2.55. The second-order valence-electron chi connectivity index (χ2n) is 5.13. The fourth-order valence-corrected chi connectivity index (χ4v) is 3.20. The molecule has 21 heavy (non-hydrogen) atoms. The van der Waals surface area contributed by atoms with Gasteiger partial charge in [0.25, 0.3) is 5.91 Å². The molecule has 0 aromatic heterocycles. The average molecular weight is 304 g/mol. The van der Waals surface area contributed by atoms with Crippen LogP contribution < -0.4 is 0 Å². The van der Waals surface area contributed by atoms with Crippen molar-refractivity contribution in [2.24, 2.45) is 0 Å². The molecule has 0 unspecified atom stereocenters. The van der Waals surface area contributed by atoms with Crippen LogP contribution in [0.2, 0.25) is 0 Å². The van der Waals surface area contributed by atoms with Crippen LogP contribution in [0.15, 0.2) is 24.3 Å². The van der Waals surface area contributed by atoms with E-state index in [2.05, 4.69) is 0 Å². The zero-order valence-corrected chi connectivity index (χ0v) is 12.6. The molecule has 2 aliphatic heterocycles. The van der Waals surface area contributed by atoms with Crippen molar-refractivity contribution in [3.63, 3.8) is 0 Å². The lowest BCUT2D eigenvalue weighted by atomic mass is 9.95. The van der Waals surface area contributed by atoms with E-state index in [4.69, 9.17) is 17.0 Å². The number of rotatable bonds is 3. The first-order valence-corrected chi connectivity index (χ1v) is 7.37. The molecule has 0 aliphatic carbocycles. The zero-order chi connectivity index (χ0) is 15.0. The van der Waals surface area contributed by atoms with Gasteiger partial charge in [0, 0.05) is 13.0 Å². The van der Waals surface area contributed by atoms with E-state index in [1.807, 2.05) is 29.2 Å². The summed E-state index contributed by atoms with van der Waals surface area (Å²) in [6.07, 6.45) is 0.633. The first kappa shape index (κ1) is 14.0. The third kappa shape index (κ3) is 2.40. The van der Waals surface area contributed by atoms with E-state index in [1.165, 1.54) is 16.0 Å². The van der Waals surface area contributed by atoms with Crippen LogP contribution in [0.1, 0.15) is 18.1 Å². The van der Waals surface area contributed by atoms with Crippen LogP contribution in [0.4, 0.5) is 0 Å². The van der Waals surface area contributed by atoms with E-state index < -0.39 is 5.97 Å². The van der Waals surface area contributed by atoms with Gasteiger partial charge in [0.05, 0.1) is 6.61 Å². The molecule has 5 nitrogen and oxygen atoms in total. The molecule has 0 radical (unpaired) electrons. The van der Waals surface area contributed by atoms with Gasteiger partial charge in [-0.2, -0.15) is 0 Å². The lowest BCUT2D eigenvalue weighted by Gasteiger charge is -2.30. The monoisotopic (exact) mass is 304 g/mol. The van der Waals surface area contributed by atoms with Crippen molar-refractivity contribution in [2.75, 3.05) is 13.2 Å². The Hall–Kier alpha value is -1.95. The first-order chi connectivity index (χ1) is 10.1. The van der Waals surface area contributed by atoms with Crippen molar-refractivity contribution in [3.05, 3.63) is 35.4 Å². The highest BCUT2D eigenvalue weighted by atomic mass is 32.1. The topological polar surface area (TPSA) is 49.9 Å². The number of benzene rings is 1. The second-order valence-corrected chi connectivity index (χ2v) is 5.49. The zero-order valence-electron chi connectivity index (χ0n) is 11.7. The molecular formula is C15H16N2O3S. The van der Waals surface area contributed by atoms with E-state index in [-0.39, 0.29) is 18.5 Å². The fraction of sp³-hybridized carbons (Fsp3) is 0.400. The molecule has 110 valence electrons. The summed E-state index contributed by atoms with van der Waals surface area (Å²) in [5.74, 6) is -0.534. The van der Waals surface area contributed by atoms with Crippen LogP contribution in [-0.2, 0) is 27.3 Å². The highest BCUT2D eigenvalue weighted by Gasteiger charge is 2.45. The molecule has 2 heterocycles. The Morgan fingerprint density at radius 1 is 1.38 bits per heavy atom. The van der Waals surface area contributed by atoms with Gasteiger partial charge in [0.1, 0.15) is 12.6 Å². The molecule has 1 aromatic carbocycles. The normalized spacial score (nSPS) is 20.3. The summed E-state index contributed by atoms with van der Waals surface area (Å²) in [4.78, 5) is 27.4. The number of amides is 1. The first-order valence-electron chi connectivity index (χ1n) is 6.96. The van der Waals surface area contributed by atoms with Crippen LogP contribution in [-0.4, -0.2) is 46.0 Å². The predicted molar refractivity (Wildman–Crippen MR) is 80.4 cm³/mol. The maximum Gasteiger partial charge on any atom is 0.326 e. The minimum absolute atomic E-state index is 0.102. The summed E-state index contributed by atoms with van der Waals surface area (Å²) in [5, 5.41) is 0.424. The lowest BCUT2D eigenvalue weighted by molar-refractivity contribution is -0.146. The molecule has 0 saturated carbocycles. The van der Waals surface area contributed by atoms with Crippen molar-refractivity contribution in [1.29, 1.82) is 0 Å². The van der Waals surface area contributed by atoms with Gasteiger partial charge in [0.15, 0.2) is 5.11 Å². The van der Waals surface area contributed by atoms with Crippen molar-refractivity contribution in [1.82, 2.24) is 9.80 Å². The Morgan fingerprint density at radius 2 is 2.10 bits per heavy atom. The van der Waals surface area contributed by atoms with Gasteiger partial charge in [-0.3, -0.25) is 14.5 Å². The number of thiocarbonyl (C=S) groups is 1. The van der Waals surface area contributed by atoms with Crippen LogP contribution >= 0.6 is 12.2 Å². The minimum Gasteiger partial charge on any atom is -0.465 e. The maximum absolute atomic E-state index is 12.5. The molecule has 3 rings (SSSR count). The van der Waals surface area contributed by atoms with E-state index in [1.54, 1.807) is 6.92 Å². The molecule has 1 fully saturated rings. The summed E-state index contributed by atoms with van der Waals surface area (Å²) in [5.41, 5.74) is 2.36. The summed E-state index contributed by atoms with van der Waals surface area (Å²) in [7, 11) is 0. The number of carbonyl (C=O) groups excluding carboxylic acids is 2. The average Bonchev–Trinajstić information content (AvgIpc) is 2.70. The van der Waals surface area contributed by atoms with E-state index in [9.17, 15) is 9.59 Å². The quantitative estimate of drug-likeness (QED) is 0.618. The van der Waals surface area contributed by atoms with Crippen LogP contribution in [0.3, 0.4) is 0 Å². The molecule has 0 N–H and O–H groups in total. The summed E-state index contributed by atoms with van der Waals surface area (Å²) >= 11 is 5.37. The van der Waals surface area contributed by atoms with E-state index >= 15 is 0 Å². The molecule has 2 aliphatic rings. The third-order valence-corrected chi connectivity index (χ3v) is 4.32. The number of hydrogen-bond acceptors (Lipinski definition) is 4. The van der Waals surface area contributed by atoms with Gasteiger partial charge in [-0.15, -0.1) is 0 Å². The van der Waals surface area contributed by atoms with Crippen LogP contribution in [0, 0.1) is 0 Å². The highest BCUT2D eigenvalue weighted by Crippen LogP contribution is 2.29. The van der Waals surface area contributed by atoms with Crippen LogP contribution in [0.5, 0.6) is 0 Å². The number of esters is 1. The van der Waals surface area contributed by atoms with Crippen LogP contribution in [0.25, 0.3) is 0 Å². The molecule has 0 spiro atoms. The largest absolute Gasteiger partial charge is 0.465 e. The smallest absolute Gasteiger partial charge is 0.326 e. The molecular weight excluding hydrogens is 288 g/mol. The van der Waals surface area contributed by atoms with Crippen molar-refractivity contribution in [3.8, 4) is 0 Å². The Kier molecular flexibility index (Phi) is 3.63. The molecule has 1 saturated heterocycles. The van der Waals surface area contributed by atoms with Crippen molar-refractivity contribution < 1.29 is 14.3 Å². The van der Waals surface area contributed by atoms with Gasteiger partial charge in [-0.05, 0) is 30.3 Å². The van der Waals surface area contributed by atoms with Gasteiger partial charge in [0.2, 0.25) is 0 Å². The van der Waals surface area contributed by atoms with Gasteiger partial charge in [-0.25, -0.2) is 0 Å². The highest BCUT2D eigenvalue weighted by molar-refractivity contribution is 7.80. The standard InChI is InChI=1S/C15H16N2O3S/c1-2-20-13(18)9-17-14(19)12-7-10-5-3-4-6-11(10)8-16(12)15(17)21/h3-6,12H,2,7-9H2,1H3/t12-/m0/s1. The number of ether oxygens (including phenoxy) is 1.